The summed E-state index contributed by atoms with van der Waals surface area (Å²) in [4.78, 5) is 0. The standard InChI is InChI=1S/C15H19FN2/c1-18-9-13(15(17)10-4-2-3-5-10)12-8-11(16)6-7-14(12)18/h6-10,15H,2-5,17H2,1H3. The quantitative estimate of drug-likeness (QED) is 0.863. The molecule has 1 aromatic carbocycles. The zero-order chi connectivity index (χ0) is 12.7. The first-order valence-corrected chi connectivity index (χ1v) is 6.67. The van der Waals surface area contributed by atoms with Crippen LogP contribution in [0.1, 0.15) is 37.3 Å². The highest BCUT2D eigenvalue weighted by atomic mass is 19.1. The molecule has 1 aliphatic carbocycles. The van der Waals surface area contributed by atoms with E-state index in [0.717, 1.165) is 16.5 Å². The van der Waals surface area contributed by atoms with E-state index in [4.69, 9.17) is 5.73 Å². The fourth-order valence-electron chi connectivity index (χ4n) is 3.23. The average Bonchev–Trinajstić information content (AvgIpc) is 2.97. The Bertz CT molecular complexity index is 567. The molecule has 0 aliphatic heterocycles. The SMILES string of the molecule is Cn1cc(C(N)C2CCCC2)c2cc(F)ccc21. The first kappa shape index (κ1) is 11.7. The van der Waals surface area contributed by atoms with Crippen molar-refractivity contribution in [1.82, 2.24) is 4.57 Å². The first-order valence-electron chi connectivity index (χ1n) is 6.67. The van der Waals surface area contributed by atoms with Crippen molar-refractivity contribution in [2.45, 2.75) is 31.7 Å². The lowest BCUT2D eigenvalue weighted by Gasteiger charge is -2.18. The van der Waals surface area contributed by atoms with Crippen molar-refractivity contribution < 1.29 is 4.39 Å². The van der Waals surface area contributed by atoms with Crippen molar-refractivity contribution in [3.8, 4) is 0 Å². The van der Waals surface area contributed by atoms with Crippen molar-refractivity contribution in [1.29, 1.82) is 0 Å². The van der Waals surface area contributed by atoms with Crippen LogP contribution in [0, 0.1) is 11.7 Å². The molecule has 2 nitrogen and oxygen atoms in total. The van der Waals surface area contributed by atoms with Gasteiger partial charge in [0, 0.05) is 30.2 Å². The highest BCUT2D eigenvalue weighted by Crippen LogP contribution is 2.37. The number of nitrogens with two attached hydrogens (primary N) is 1. The highest BCUT2D eigenvalue weighted by molar-refractivity contribution is 5.84. The van der Waals surface area contributed by atoms with E-state index < -0.39 is 0 Å². The molecule has 96 valence electrons. The number of hydrogen-bond acceptors (Lipinski definition) is 1. The number of aryl methyl sites for hydroxylation is 1. The van der Waals surface area contributed by atoms with Crippen LogP contribution in [0.4, 0.5) is 4.39 Å². The number of aromatic nitrogens is 1. The summed E-state index contributed by atoms with van der Waals surface area (Å²) in [5, 5.41) is 0.969. The molecule has 1 saturated carbocycles. The van der Waals surface area contributed by atoms with Crippen molar-refractivity contribution in [2.75, 3.05) is 0 Å². The van der Waals surface area contributed by atoms with Gasteiger partial charge in [0.15, 0.2) is 0 Å². The van der Waals surface area contributed by atoms with E-state index in [0.29, 0.717) is 5.92 Å². The molecule has 2 aromatic rings. The third-order valence-corrected chi connectivity index (χ3v) is 4.25. The molecule has 1 aromatic heterocycles. The Balaban J connectivity index is 2.07. The zero-order valence-electron chi connectivity index (χ0n) is 10.7. The number of fused-ring (bicyclic) bond motifs is 1. The van der Waals surface area contributed by atoms with Gasteiger partial charge < -0.3 is 10.3 Å². The van der Waals surface area contributed by atoms with Crippen LogP contribution in [0.2, 0.25) is 0 Å². The minimum atomic E-state index is -0.187. The molecule has 0 saturated heterocycles. The molecule has 0 radical (unpaired) electrons. The molecule has 1 aliphatic rings. The van der Waals surface area contributed by atoms with Crippen molar-refractivity contribution in [3.05, 3.63) is 35.8 Å². The van der Waals surface area contributed by atoms with Gasteiger partial charge >= 0.3 is 0 Å². The maximum atomic E-state index is 13.4. The number of nitrogens with zero attached hydrogens (tertiary/aromatic N) is 1. The van der Waals surface area contributed by atoms with Crippen LogP contribution in [0.3, 0.4) is 0 Å². The van der Waals surface area contributed by atoms with Gasteiger partial charge in [0.1, 0.15) is 5.82 Å². The molecule has 3 heteroatoms. The lowest BCUT2D eigenvalue weighted by molar-refractivity contribution is 0.446. The van der Waals surface area contributed by atoms with Crippen molar-refractivity contribution >= 4 is 10.9 Å². The van der Waals surface area contributed by atoms with Crippen molar-refractivity contribution in [3.63, 3.8) is 0 Å². The smallest absolute Gasteiger partial charge is 0.123 e. The van der Waals surface area contributed by atoms with E-state index in [2.05, 4.69) is 6.20 Å². The van der Waals surface area contributed by atoms with Crippen LogP contribution >= 0.6 is 0 Å². The van der Waals surface area contributed by atoms with E-state index in [9.17, 15) is 4.39 Å². The number of benzene rings is 1. The minimum absolute atomic E-state index is 0.0398. The molecule has 18 heavy (non-hydrogen) atoms. The van der Waals surface area contributed by atoms with Crippen LogP contribution in [0.25, 0.3) is 10.9 Å². The second kappa shape index (κ2) is 4.39. The summed E-state index contributed by atoms with van der Waals surface area (Å²) in [5.41, 5.74) is 8.55. The van der Waals surface area contributed by atoms with Crippen LogP contribution in [0.5, 0.6) is 0 Å². The van der Waals surface area contributed by atoms with E-state index >= 15 is 0 Å². The van der Waals surface area contributed by atoms with Crippen LogP contribution in [-0.2, 0) is 7.05 Å². The molecule has 1 unspecified atom stereocenters. The molecule has 3 rings (SSSR count). The topological polar surface area (TPSA) is 30.9 Å². The van der Waals surface area contributed by atoms with Gasteiger partial charge in [-0.2, -0.15) is 0 Å². The molecular formula is C15H19FN2. The van der Waals surface area contributed by atoms with E-state index in [1.54, 1.807) is 6.07 Å². The third kappa shape index (κ3) is 1.83. The van der Waals surface area contributed by atoms with Gasteiger partial charge in [0.2, 0.25) is 0 Å². The number of rotatable bonds is 2. The number of hydrogen-bond donors (Lipinski definition) is 1. The Morgan fingerprint density at radius 2 is 2.06 bits per heavy atom. The fraction of sp³-hybridized carbons (Fsp3) is 0.467. The van der Waals surface area contributed by atoms with Gasteiger partial charge in [0.05, 0.1) is 0 Å². The molecule has 1 atom stereocenters. The van der Waals surface area contributed by atoms with Crippen LogP contribution in [-0.4, -0.2) is 4.57 Å². The van der Waals surface area contributed by atoms with Gasteiger partial charge in [-0.3, -0.25) is 0 Å². The molecule has 0 bridgehead atoms. The summed E-state index contributed by atoms with van der Waals surface area (Å²) in [6.45, 7) is 0. The molecule has 2 N–H and O–H groups in total. The van der Waals surface area contributed by atoms with E-state index in [-0.39, 0.29) is 11.9 Å². The van der Waals surface area contributed by atoms with Gasteiger partial charge in [-0.25, -0.2) is 4.39 Å². The second-order valence-electron chi connectivity index (χ2n) is 5.43. The highest BCUT2D eigenvalue weighted by Gasteiger charge is 2.25. The van der Waals surface area contributed by atoms with Gasteiger partial charge in [-0.15, -0.1) is 0 Å². The average molecular weight is 246 g/mol. The summed E-state index contributed by atoms with van der Waals surface area (Å²) < 4.78 is 15.5. The molecule has 1 heterocycles. The summed E-state index contributed by atoms with van der Waals surface area (Å²) in [6, 6.07) is 4.99. The number of halogens is 1. The van der Waals surface area contributed by atoms with Gasteiger partial charge in [0.25, 0.3) is 0 Å². The Kier molecular flexibility index (Phi) is 2.86. The first-order chi connectivity index (χ1) is 8.66. The lowest BCUT2D eigenvalue weighted by Crippen LogP contribution is -2.18. The maximum Gasteiger partial charge on any atom is 0.123 e. The second-order valence-corrected chi connectivity index (χ2v) is 5.43. The summed E-state index contributed by atoms with van der Waals surface area (Å²) in [6.07, 6.45) is 7.02. The Labute approximate surface area is 107 Å². The normalized spacial score (nSPS) is 18.6. The summed E-state index contributed by atoms with van der Waals surface area (Å²) in [7, 11) is 1.99. The molecule has 0 amide bonds. The van der Waals surface area contributed by atoms with Crippen molar-refractivity contribution in [2.24, 2.45) is 18.7 Å². The summed E-state index contributed by atoms with van der Waals surface area (Å²) in [5.74, 6) is 0.368. The van der Waals surface area contributed by atoms with Gasteiger partial charge in [-0.1, -0.05) is 12.8 Å². The molecule has 0 spiro atoms. The minimum Gasteiger partial charge on any atom is -0.350 e. The van der Waals surface area contributed by atoms with Crippen LogP contribution in [0.15, 0.2) is 24.4 Å². The van der Waals surface area contributed by atoms with E-state index in [1.165, 1.54) is 31.7 Å². The maximum absolute atomic E-state index is 13.4. The van der Waals surface area contributed by atoms with Gasteiger partial charge in [-0.05, 0) is 42.5 Å². The Morgan fingerprint density at radius 1 is 1.33 bits per heavy atom. The molecule has 1 fully saturated rings. The zero-order valence-corrected chi connectivity index (χ0v) is 10.7. The Morgan fingerprint density at radius 3 is 2.78 bits per heavy atom. The molecular weight excluding hydrogens is 227 g/mol. The monoisotopic (exact) mass is 246 g/mol. The van der Waals surface area contributed by atoms with Crippen LogP contribution < -0.4 is 5.73 Å². The predicted octanol–water partition coefficient (Wildman–Crippen LogP) is 3.51. The fourth-order valence-corrected chi connectivity index (χ4v) is 3.23. The predicted molar refractivity (Wildman–Crippen MR) is 71.8 cm³/mol. The largest absolute Gasteiger partial charge is 0.350 e. The Hall–Kier alpha value is -1.35. The summed E-state index contributed by atoms with van der Waals surface area (Å²) >= 11 is 0. The third-order valence-electron chi connectivity index (χ3n) is 4.25. The van der Waals surface area contributed by atoms with E-state index in [1.807, 2.05) is 17.7 Å². The lowest BCUT2D eigenvalue weighted by atomic mass is 9.92.